The van der Waals surface area contributed by atoms with Gasteiger partial charge in [-0.05, 0) is 12.8 Å². The van der Waals surface area contributed by atoms with Crippen LogP contribution in [0.1, 0.15) is 70.8 Å². The normalized spacial score (nSPS) is 12.8. The van der Waals surface area contributed by atoms with Crippen molar-refractivity contribution in [3.05, 3.63) is 17.8 Å². The van der Waals surface area contributed by atoms with Gasteiger partial charge in [0.1, 0.15) is 11.8 Å². The molecule has 23 heavy (non-hydrogen) atoms. The van der Waals surface area contributed by atoms with E-state index in [-0.39, 0.29) is 0 Å². The van der Waals surface area contributed by atoms with Gasteiger partial charge in [0, 0.05) is 11.9 Å². The van der Waals surface area contributed by atoms with Gasteiger partial charge in [-0.1, -0.05) is 63.5 Å². The van der Waals surface area contributed by atoms with E-state index in [9.17, 15) is 0 Å². The van der Waals surface area contributed by atoms with Crippen molar-refractivity contribution in [1.82, 2.24) is 19.5 Å². The monoisotopic (exact) mass is 356 g/mol. The number of aromatic nitrogens is 4. The van der Waals surface area contributed by atoms with E-state index in [1.54, 1.807) is 0 Å². The Kier molecular flexibility index (Phi) is 8.10. The largest absolute Gasteiger partial charge is 0.312 e. The molecule has 1 atom stereocenters. The van der Waals surface area contributed by atoms with Crippen LogP contribution in [0.3, 0.4) is 0 Å². The lowest BCUT2D eigenvalue weighted by Crippen LogP contribution is -2.09. The summed E-state index contributed by atoms with van der Waals surface area (Å²) in [5.41, 5.74) is 1.48. The van der Waals surface area contributed by atoms with Crippen LogP contribution in [0.25, 0.3) is 11.2 Å². The Morgan fingerprint density at radius 2 is 1.74 bits per heavy atom. The van der Waals surface area contributed by atoms with Crippen LogP contribution in [-0.2, 0) is 0 Å². The van der Waals surface area contributed by atoms with Gasteiger partial charge in [-0.15, -0.1) is 11.6 Å². The summed E-state index contributed by atoms with van der Waals surface area (Å²) in [6.45, 7) is 2.25. The second-order valence-electron chi connectivity index (χ2n) is 6.03. The molecule has 0 amide bonds. The zero-order valence-electron chi connectivity index (χ0n) is 13.8. The molecule has 0 aliphatic carbocycles. The number of imidazole rings is 1. The fourth-order valence-electron chi connectivity index (χ4n) is 2.98. The second kappa shape index (κ2) is 10.1. The number of hydrogen-bond donors (Lipinski definition) is 0. The van der Waals surface area contributed by atoms with Crippen molar-refractivity contribution in [1.29, 1.82) is 0 Å². The van der Waals surface area contributed by atoms with Gasteiger partial charge in [-0.25, -0.2) is 15.0 Å². The summed E-state index contributed by atoms with van der Waals surface area (Å²) in [5, 5.41) is 0.411. The molecular formula is C17H26Cl2N4. The molecular weight excluding hydrogens is 331 g/mol. The van der Waals surface area contributed by atoms with E-state index < -0.39 is 0 Å². The first-order valence-corrected chi connectivity index (χ1v) is 9.58. The standard InChI is InChI=1S/C17H26Cl2N4/c1-2-3-4-5-6-7-8-9-14(10-11-18)23-13-22-15-16(19)20-12-21-17(15)23/h12-14H,2-11H2,1H3/t14-/m1/s1. The third-order valence-electron chi connectivity index (χ3n) is 4.29. The highest BCUT2D eigenvalue weighted by Crippen LogP contribution is 2.26. The Morgan fingerprint density at radius 3 is 2.48 bits per heavy atom. The molecule has 0 bridgehead atoms. The van der Waals surface area contributed by atoms with Crippen molar-refractivity contribution in [2.24, 2.45) is 0 Å². The fourth-order valence-corrected chi connectivity index (χ4v) is 3.40. The topological polar surface area (TPSA) is 43.6 Å². The van der Waals surface area contributed by atoms with Crippen molar-refractivity contribution in [2.45, 2.75) is 70.8 Å². The summed E-state index contributed by atoms with van der Waals surface area (Å²) in [6.07, 6.45) is 14.5. The van der Waals surface area contributed by atoms with Crippen LogP contribution >= 0.6 is 23.2 Å². The number of nitrogens with zero attached hydrogens (tertiary/aromatic N) is 4. The first-order chi connectivity index (χ1) is 11.3. The Morgan fingerprint density at radius 1 is 1.00 bits per heavy atom. The van der Waals surface area contributed by atoms with Crippen LogP contribution in [0, 0.1) is 0 Å². The third-order valence-corrected chi connectivity index (χ3v) is 4.79. The molecule has 2 rings (SSSR count). The smallest absolute Gasteiger partial charge is 0.165 e. The molecule has 2 aromatic heterocycles. The molecule has 2 aromatic rings. The Bertz CT molecular complexity index is 585. The number of alkyl halides is 1. The van der Waals surface area contributed by atoms with E-state index in [4.69, 9.17) is 23.2 Å². The molecule has 0 aliphatic heterocycles. The van der Waals surface area contributed by atoms with Gasteiger partial charge in [-0.3, -0.25) is 0 Å². The molecule has 0 N–H and O–H groups in total. The summed E-state index contributed by atoms with van der Waals surface area (Å²) in [6, 6.07) is 0.333. The maximum absolute atomic E-state index is 6.09. The van der Waals surface area contributed by atoms with Crippen molar-refractivity contribution in [3.63, 3.8) is 0 Å². The van der Waals surface area contributed by atoms with Crippen molar-refractivity contribution in [3.8, 4) is 0 Å². The summed E-state index contributed by atoms with van der Waals surface area (Å²) in [5.74, 6) is 0.639. The number of halogens is 2. The van der Waals surface area contributed by atoms with E-state index >= 15 is 0 Å². The van der Waals surface area contributed by atoms with Crippen LogP contribution in [0.4, 0.5) is 0 Å². The predicted molar refractivity (Wildman–Crippen MR) is 97.3 cm³/mol. The van der Waals surface area contributed by atoms with Crippen LogP contribution in [0.5, 0.6) is 0 Å². The van der Waals surface area contributed by atoms with Gasteiger partial charge in [0.2, 0.25) is 0 Å². The SMILES string of the molecule is CCCCCCCCC[C@H](CCCl)n1cnc2c(Cl)ncnc21. The van der Waals surface area contributed by atoms with Crippen LogP contribution in [0.2, 0.25) is 5.15 Å². The summed E-state index contributed by atoms with van der Waals surface area (Å²) in [4.78, 5) is 12.7. The number of rotatable bonds is 11. The maximum Gasteiger partial charge on any atom is 0.165 e. The highest BCUT2D eigenvalue weighted by Gasteiger charge is 2.16. The van der Waals surface area contributed by atoms with Gasteiger partial charge < -0.3 is 4.57 Å². The minimum atomic E-state index is 0.333. The summed E-state index contributed by atoms with van der Waals surface area (Å²) in [7, 11) is 0. The third kappa shape index (κ3) is 5.32. The Hall–Kier alpha value is -0.870. The maximum atomic E-state index is 6.09. The zero-order valence-corrected chi connectivity index (χ0v) is 15.4. The second-order valence-corrected chi connectivity index (χ2v) is 6.77. The predicted octanol–water partition coefficient (Wildman–Crippen LogP) is 5.79. The lowest BCUT2D eigenvalue weighted by molar-refractivity contribution is 0.433. The summed E-state index contributed by atoms with van der Waals surface area (Å²) < 4.78 is 2.11. The molecule has 0 fully saturated rings. The lowest BCUT2D eigenvalue weighted by Gasteiger charge is -2.18. The van der Waals surface area contributed by atoms with Crippen LogP contribution in [-0.4, -0.2) is 25.4 Å². The van der Waals surface area contributed by atoms with E-state index in [0.29, 0.717) is 22.6 Å². The molecule has 4 nitrogen and oxygen atoms in total. The van der Waals surface area contributed by atoms with Crippen molar-refractivity contribution in [2.75, 3.05) is 5.88 Å². The molecule has 128 valence electrons. The van der Waals surface area contributed by atoms with Gasteiger partial charge in [0.15, 0.2) is 10.8 Å². The average Bonchev–Trinajstić information content (AvgIpc) is 2.98. The fraction of sp³-hybridized carbons (Fsp3) is 0.706. The van der Waals surface area contributed by atoms with Gasteiger partial charge in [-0.2, -0.15) is 0 Å². The molecule has 0 unspecified atom stereocenters. The first-order valence-electron chi connectivity index (χ1n) is 8.67. The highest BCUT2D eigenvalue weighted by molar-refractivity contribution is 6.33. The molecule has 0 saturated carbocycles. The average molecular weight is 357 g/mol. The van der Waals surface area contributed by atoms with E-state index in [2.05, 4.69) is 26.4 Å². The molecule has 0 spiro atoms. The van der Waals surface area contributed by atoms with Crippen molar-refractivity contribution >= 4 is 34.4 Å². The Labute approximate surface area is 148 Å². The number of hydrogen-bond acceptors (Lipinski definition) is 3. The van der Waals surface area contributed by atoms with Gasteiger partial charge in [0.05, 0.1) is 6.33 Å². The molecule has 0 radical (unpaired) electrons. The minimum absolute atomic E-state index is 0.333. The summed E-state index contributed by atoms with van der Waals surface area (Å²) >= 11 is 12.1. The van der Waals surface area contributed by atoms with Crippen molar-refractivity contribution < 1.29 is 0 Å². The molecule has 6 heteroatoms. The molecule has 0 aliphatic rings. The van der Waals surface area contributed by atoms with Gasteiger partial charge in [0.25, 0.3) is 0 Å². The molecule has 0 aromatic carbocycles. The van der Waals surface area contributed by atoms with E-state index in [1.807, 2.05) is 6.33 Å². The van der Waals surface area contributed by atoms with Crippen LogP contribution < -0.4 is 0 Å². The molecule has 2 heterocycles. The highest BCUT2D eigenvalue weighted by atomic mass is 35.5. The number of fused-ring (bicyclic) bond motifs is 1. The lowest BCUT2D eigenvalue weighted by atomic mass is 10.0. The minimum Gasteiger partial charge on any atom is -0.312 e. The van der Waals surface area contributed by atoms with Gasteiger partial charge >= 0.3 is 0 Å². The van der Waals surface area contributed by atoms with E-state index in [0.717, 1.165) is 18.5 Å². The quantitative estimate of drug-likeness (QED) is 0.290. The van der Waals surface area contributed by atoms with E-state index in [1.165, 1.54) is 51.3 Å². The Balaban J connectivity index is 1.91. The number of unbranched alkanes of at least 4 members (excludes halogenated alkanes) is 6. The van der Waals surface area contributed by atoms with Crippen LogP contribution in [0.15, 0.2) is 12.7 Å². The molecule has 0 saturated heterocycles. The zero-order chi connectivity index (χ0) is 16.5. The first kappa shape index (κ1) is 18.5.